The van der Waals surface area contributed by atoms with Crippen LogP contribution in [0.3, 0.4) is 0 Å². The quantitative estimate of drug-likeness (QED) is 0.660. The van der Waals surface area contributed by atoms with Crippen molar-refractivity contribution >= 4 is 33.2 Å². The minimum Gasteiger partial charge on any atom is -0.365 e. The lowest BCUT2D eigenvalue weighted by Crippen LogP contribution is -2.20. The number of nitrogens with zero attached hydrogens (tertiary/aromatic N) is 1. The van der Waals surface area contributed by atoms with E-state index in [4.69, 9.17) is 0 Å². The zero-order valence-electron chi connectivity index (χ0n) is 8.59. The summed E-state index contributed by atoms with van der Waals surface area (Å²) >= 11 is 3.41. The second kappa shape index (κ2) is 4.23. The van der Waals surface area contributed by atoms with E-state index >= 15 is 0 Å². The van der Waals surface area contributed by atoms with Crippen LogP contribution in [0.4, 0.5) is 11.4 Å². The van der Waals surface area contributed by atoms with Crippen LogP contribution in [0.2, 0.25) is 0 Å². The van der Waals surface area contributed by atoms with Crippen molar-refractivity contribution in [2.75, 3.05) is 22.7 Å². The monoisotopic (exact) mass is 268 g/mol. The average Bonchev–Trinajstić information content (AvgIpc) is 2.27. The Morgan fingerprint density at radius 1 is 1.47 bits per heavy atom. The number of anilines is 2. The summed E-state index contributed by atoms with van der Waals surface area (Å²) in [5, 5.41) is 2.87. The third kappa shape index (κ3) is 2.15. The molecule has 1 aromatic carbocycles. The molecule has 0 atom stereocenters. The third-order valence-electron chi connectivity index (χ3n) is 2.60. The Labute approximate surface area is 97.6 Å². The van der Waals surface area contributed by atoms with Gasteiger partial charge in [0.05, 0.1) is 5.45 Å². The second-order valence-electron chi connectivity index (χ2n) is 3.71. The van der Waals surface area contributed by atoms with Crippen molar-refractivity contribution in [3.63, 3.8) is 0 Å². The Morgan fingerprint density at radius 3 is 3.00 bits per heavy atom. The first-order chi connectivity index (χ1) is 7.20. The van der Waals surface area contributed by atoms with E-state index in [0.717, 1.165) is 17.6 Å². The van der Waals surface area contributed by atoms with Gasteiger partial charge in [0.2, 0.25) is 5.91 Å². The van der Waals surface area contributed by atoms with Gasteiger partial charge in [0, 0.05) is 24.8 Å². The average molecular weight is 269 g/mol. The van der Waals surface area contributed by atoms with E-state index < -0.39 is 0 Å². The molecule has 0 unspecified atom stereocenters. The van der Waals surface area contributed by atoms with Crippen LogP contribution in [0.15, 0.2) is 18.2 Å². The summed E-state index contributed by atoms with van der Waals surface area (Å²) < 4.78 is 0. The molecule has 80 valence electrons. The fourth-order valence-corrected chi connectivity index (χ4v) is 1.97. The minimum atomic E-state index is 0.115. The lowest BCUT2D eigenvalue weighted by Gasteiger charge is -2.21. The summed E-state index contributed by atoms with van der Waals surface area (Å²) in [5.74, 6) is 0.115. The Hall–Kier alpha value is -1.03. The largest absolute Gasteiger partial charge is 0.365 e. The number of hydrogen-bond donors (Lipinski definition) is 1. The number of hydrogen-bond acceptors (Lipinski definition) is 2. The molecule has 1 N–H and O–H groups in total. The van der Waals surface area contributed by atoms with Gasteiger partial charge in [-0.25, -0.2) is 0 Å². The van der Waals surface area contributed by atoms with Crippen molar-refractivity contribution in [3.05, 3.63) is 23.8 Å². The van der Waals surface area contributed by atoms with E-state index in [1.165, 1.54) is 11.3 Å². The highest BCUT2D eigenvalue weighted by Crippen LogP contribution is 2.27. The van der Waals surface area contributed by atoms with Crippen molar-refractivity contribution in [2.24, 2.45) is 0 Å². The smallest absolute Gasteiger partial charge is 0.224 e. The molecule has 0 aliphatic carbocycles. The first kappa shape index (κ1) is 10.5. The Kier molecular flexibility index (Phi) is 2.95. The molecule has 2 rings (SSSR count). The van der Waals surface area contributed by atoms with Crippen LogP contribution >= 0.6 is 15.9 Å². The summed E-state index contributed by atoms with van der Waals surface area (Å²) in [4.78, 5) is 13.3. The van der Waals surface area contributed by atoms with Crippen LogP contribution < -0.4 is 10.2 Å². The predicted molar refractivity (Wildman–Crippen MR) is 65.6 cm³/mol. The van der Waals surface area contributed by atoms with Crippen molar-refractivity contribution in [1.82, 2.24) is 0 Å². The van der Waals surface area contributed by atoms with Crippen LogP contribution in [-0.4, -0.2) is 18.4 Å². The lowest BCUT2D eigenvalue weighted by molar-refractivity contribution is -0.116. The van der Waals surface area contributed by atoms with Gasteiger partial charge in [-0.1, -0.05) is 15.9 Å². The second-order valence-corrected chi connectivity index (χ2v) is 4.21. The Balaban J connectivity index is 2.30. The molecule has 0 saturated heterocycles. The summed E-state index contributed by atoms with van der Waals surface area (Å²) in [6.07, 6.45) is 1.43. The molecule has 3 nitrogen and oxygen atoms in total. The van der Waals surface area contributed by atoms with Gasteiger partial charge in [0.25, 0.3) is 0 Å². The molecule has 0 bridgehead atoms. The number of fused-ring (bicyclic) bond motifs is 1. The maximum Gasteiger partial charge on any atom is 0.224 e. The number of halogens is 1. The van der Waals surface area contributed by atoms with Crippen molar-refractivity contribution < 1.29 is 4.79 Å². The van der Waals surface area contributed by atoms with Crippen molar-refractivity contribution in [1.29, 1.82) is 0 Å². The molecule has 1 aliphatic rings. The van der Waals surface area contributed by atoms with E-state index in [1.807, 2.05) is 19.2 Å². The van der Waals surface area contributed by atoms with E-state index in [-0.39, 0.29) is 5.91 Å². The van der Waals surface area contributed by atoms with E-state index in [2.05, 4.69) is 32.2 Å². The number of nitrogens with one attached hydrogen (secondary N) is 1. The molecule has 1 aliphatic heterocycles. The van der Waals surface area contributed by atoms with Gasteiger partial charge in [0.1, 0.15) is 0 Å². The molecule has 1 heterocycles. The Bertz CT molecular complexity index is 392. The van der Waals surface area contributed by atoms with Gasteiger partial charge in [-0.15, -0.1) is 0 Å². The molecule has 1 amide bonds. The number of benzene rings is 1. The normalized spacial score (nSPS) is 14.4. The molecule has 0 aromatic heterocycles. The fourth-order valence-electron chi connectivity index (χ4n) is 1.68. The first-order valence-corrected chi connectivity index (χ1v) is 6.03. The summed E-state index contributed by atoms with van der Waals surface area (Å²) in [6.45, 7) is 0. The Morgan fingerprint density at radius 2 is 2.27 bits per heavy atom. The topological polar surface area (TPSA) is 32.3 Å². The zero-order valence-corrected chi connectivity index (χ0v) is 10.2. The highest BCUT2D eigenvalue weighted by atomic mass is 79.9. The highest BCUT2D eigenvalue weighted by molar-refractivity contribution is 9.09. The molecule has 0 spiro atoms. The summed E-state index contributed by atoms with van der Waals surface area (Å²) in [6, 6.07) is 6.13. The fraction of sp³-hybridized carbons (Fsp3) is 0.364. The minimum absolute atomic E-state index is 0.115. The molecule has 4 heteroatoms. The number of alkyl halides is 1. The maximum atomic E-state index is 11.2. The standard InChI is InChI=1S/C11H13BrN2O/c1-14(7-12)9-3-4-10-8(6-9)2-5-11(15)13-10/h3-4,6H,2,5,7H2,1H3,(H,13,15). The highest BCUT2D eigenvalue weighted by Gasteiger charge is 2.15. The number of rotatable bonds is 2. The number of carbonyl (C=O) groups is 1. The van der Waals surface area contributed by atoms with Gasteiger partial charge in [-0.2, -0.15) is 0 Å². The van der Waals surface area contributed by atoms with E-state index in [1.54, 1.807) is 0 Å². The van der Waals surface area contributed by atoms with Crippen molar-refractivity contribution in [2.45, 2.75) is 12.8 Å². The van der Waals surface area contributed by atoms with Crippen LogP contribution in [0, 0.1) is 0 Å². The number of amides is 1. The molecular weight excluding hydrogens is 256 g/mol. The molecule has 0 saturated carbocycles. The predicted octanol–water partition coefficient (Wildman–Crippen LogP) is 2.36. The van der Waals surface area contributed by atoms with Crippen LogP contribution in [-0.2, 0) is 11.2 Å². The molecule has 0 radical (unpaired) electrons. The first-order valence-electron chi connectivity index (χ1n) is 4.90. The van der Waals surface area contributed by atoms with Gasteiger partial charge in [-0.05, 0) is 30.2 Å². The molecule has 15 heavy (non-hydrogen) atoms. The van der Waals surface area contributed by atoms with Crippen molar-refractivity contribution in [3.8, 4) is 0 Å². The lowest BCUT2D eigenvalue weighted by atomic mass is 10.0. The van der Waals surface area contributed by atoms with Gasteiger partial charge in [-0.3, -0.25) is 4.79 Å². The molecule has 1 aromatic rings. The van der Waals surface area contributed by atoms with Gasteiger partial charge >= 0.3 is 0 Å². The maximum absolute atomic E-state index is 11.2. The van der Waals surface area contributed by atoms with Gasteiger partial charge < -0.3 is 10.2 Å². The zero-order chi connectivity index (χ0) is 10.8. The van der Waals surface area contributed by atoms with Crippen LogP contribution in [0.5, 0.6) is 0 Å². The van der Waals surface area contributed by atoms with Crippen LogP contribution in [0.1, 0.15) is 12.0 Å². The SMILES string of the molecule is CN(CBr)c1ccc2c(c1)CCC(=O)N2. The third-order valence-corrected chi connectivity index (χ3v) is 3.36. The van der Waals surface area contributed by atoms with E-state index in [0.29, 0.717) is 6.42 Å². The number of aryl methyl sites for hydroxylation is 1. The van der Waals surface area contributed by atoms with E-state index in [9.17, 15) is 4.79 Å². The molecular formula is C11H13BrN2O. The van der Waals surface area contributed by atoms with Crippen LogP contribution in [0.25, 0.3) is 0 Å². The summed E-state index contributed by atoms with van der Waals surface area (Å²) in [7, 11) is 2.03. The number of carbonyl (C=O) groups excluding carboxylic acids is 1. The van der Waals surface area contributed by atoms with Gasteiger partial charge in [0.15, 0.2) is 0 Å². The summed E-state index contributed by atoms with van der Waals surface area (Å²) in [5.41, 5.74) is 4.15. The molecule has 0 fully saturated rings.